The van der Waals surface area contributed by atoms with Gasteiger partial charge in [0.25, 0.3) is 11.8 Å². The van der Waals surface area contributed by atoms with Crippen LogP contribution in [0.25, 0.3) is 0 Å². The average molecular weight is 351 g/mol. The number of nitrogens with zero attached hydrogens (tertiary/aromatic N) is 3. The molecule has 0 aliphatic carbocycles. The van der Waals surface area contributed by atoms with Gasteiger partial charge < -0.3 is 14.5 Å². The SMILES string of the molecule is CC1Cc2ccccc2N1C(=O)c1cncc(C(=O)N2CCOCC2)c1. The van der Waals surface area contributed by atoms with Crippen LogP contribution in [0.5, 0.6) is 0 Å². The Kier molecular flexibility index (Phi) is 4.42. The lowest BCUT2D eigenvalue weighted by Gasteiger charge is -2.27. The lowest BCUT2D eigenvalue weighted by atomic mass is 10.1. The third-order valence-corrected chi connectivity index (χ3v) is 4.96. The van der Waals surface area contributed by atoms with Crippen molar-refractivity contribution < 1.29 is 14.3 Å². The van der Waals surface area contributed by atoms with Crippen LogP contribution in [-0.4, -0.2) is 54.0 Å². The number of hydrogen-bond donors (Lipinski definition) is 0. The Morgan fingerprint density at radius 3 is 2.54 bits per heavy atom. The van der Waals surface area contributed by atoms with Crippen LogP contribution in [0, 0.1) is 0 Å². The van der Waals surface area contributed by atoms with E-state index in [9.17, 15) is 9.59 Å². The molecule has 1 aromatic carbocycles. The molecule has 0 spiro atoms. The summed E-state index contributed by atoms with van der Waals surface area (Å²) in [5.41, 5.74) is 2.99. The number of amides is 2. The maximum atomic E-state index is 13.1. The first kappa shape index (κ1) is 16.7. The fourth-order valence-corrected chi connectivity index (χ4v) is 3.64. The Morgan fingerprint density at radius 2 is 1.77 bits per heavy atom. The molecule has 0 saturated carbocycles. The Bertz CT molecular complexity index is 846. The Labute approximate surface area is 152 Å². The molecule has 2 aromatic rings. The average Bonchev–Trinajstić information content (AvgIpc) is 3.03. The summed E-state index contributed by atoms with van der Waals surface area (Å²) in [6, 6.07) is 9.68. The summed E-state index contributed by atoms with van der Waals surface area (Å²) in [6.45, 7) is 4.24. The molecule has 0 bridgehead atoms. The van der Waals surface area contributed by atoms with Crippen LogP contribution in [0.15, 0.2) is 42.7 Å². The number of pyridine rings is 1. The standard InChI is InChI=1S/C20H21N3O3/c1-14-10-15-4-2-3-5-18(15)23(14)20(25)17-11-16(12-21-13-17)19(24)22-6-8-26-9-7-22/h2-5,11-14H,6-10H2,1H3. The largest absolute Gasteiger partial charge is 0.378 e. The molecule has 6 heteroatoms. The first-order chi connectivity index (χ1) is 12.6. The highest BCUT2D eigenvalue weighted by atomic mass is 16.5. The summed E-state index contributed by atoms with van der Waals surface area (Å²) >= 11 is 0. The van der Waals surface area contributed by atoms with Crippen LogP contribution in [0.3, 0.4) is 0 Å². The van der Waals surface area contributed by atoms with E-state index in [1.807, 2.05) is 25.1 Å². The van der Waals surface area contributed by atoms with Gasteiger partial charge in [0.1, 0.15) is 0 Å². The molecule has 134 valence electrons. The van der Waals surface area contributed by atoms with Gasteiger partial charge in [-0.25, -0.2) is 0 Å². The van der Waals surface area contributed by atoms with Crippen molar-refractivity contribution in [2.75, 3.05) is 31.2 Å². The van der Waals surface area contributed by atoms with E-state index in [0.717, 1.165) is 12.1 Å². The van der Waals surface area contributed by atoms with Crippen molar-refractivity contribution in [3.63, 3.8) is 0 Å². The van der Waals surface area contributed by atoms with Crippen LogP contribution in [-0.2, 0) is 11.2 Å². The minimum atomic E-state index is -0.119. The molecule has 1 atom stereocenters. The number of carbonyl (C=O) groups is 2. The van der Waals surface area contributed by atoms with E-state index >= 15 is 0 Å². The third kappa shape index (κ3) is 2.97. The van der Waals surface area contributed by atoms with E-state index in [-0.39, 0.29) is 17.9 Å². The lowest BCUT2D eigenvalue weighted by molar-refractivity contribution is 0.0302. The molecule has 1 fully saturated rings. The zero-order valence-corrected chi connectivity index (χ0v) is 14.7. The first-order valence-electron chi connectivity index (χ1n) is 8.88. The van der Waals surface area contributed by atoms with Crippen molar-refractivity contribution in [2.45, 2.75) is 19.4 Å². The molecule has 1 aromatic heterocycles. The van der Waals surface area contributed by atoms with Gasteiger partial charge in [-0.15, -0.1) is 0 Å². The predicted molar refractivity (Wildman–Crippen MR) is 97.4 cm³/mol. The Morgan fingerprint density at radius 1 is 1.08 bits per heavy atom. The Balaban J connectivity index is 1.60. The fourth-order valence-electron chi connectivity index (χ4n) is 3.64. The van der Waals surface area contributed by atoms with Crippen LogP contribution in [0.4, 0.5) is 5.69 Å². The molecule has 4 rings (SSSR count). The summed E-state index contributed by atoms with van der Waals surface area (Å²) in [5.74, 6) is -0.225. The molecule has 2 aliphatic heterocycles. The Hall–Kier alpha value is -2.73. The lowest BCUT2D eigenvalue weighted by Crippen LogP contribution is -2.41. The number of rotatable bonds is 2. The highest BCUT2D eigenvalue weighted by Crippen LogP contribution is 2.33. The smallest absolute Gasteiger partial charge is 0.260 e. The molecule has 26 heavy (non-hydrogen) atoms. The molecule has 0 N–H and O–H groups in total. The van der Waals surface area contributed by atoms with E-state index in [0.29, 0.717) is 37.4 Å². The monoisotopic (exact) mass is 351 g/mol. The van der Waals surface area contributed by atoms with Crippen molar-refractivity contribution >= 4 is 17.5 Å². The van der Waals surface area contributed by atoms with Crippen molar-refractivity contribution in [2.24, 2.45) is 0 Å². The summed E-state index contributed by atoms with van der Waals surface area (Å²) in [5, 5.41) is 0. The van der Waals surface area contributed by atoms with E-state index in [4.69, 9.17) is 4.74 Å². The number of hydrogen-bond acceptors (Lipinski definition) is 4. The molecular formula is C20H21N3O3. The van der Waals surface area contributed by atoms with Gasteiger partial charge in [0, 0.05) is 37.2 Å². The van der Waals surface area contributed by atoms with Gasteiger partial charge >= 0.3 is 0 Å². The predicted octanol–water partition coefficient (Wildman–Crippen LogP) is 2.15. The number of benzene rings is 1. The molecule has 6 nitrogen and oxygen atoms in total. The molecule has 1 saturated heterocycles. The maximum Gasteiger partial charge on any atom is 0.260 e. The van der Waals surface area contributed by atoms with Crippen LogP contribution < -0.4 is 4.90 Å². The highest BCUT2D eigenvalue weighted by molar-refractivity contribution is 6.08. The summed E-state index contributed by atoms with van der Waals surface area (Å²) in [6.07, 6.45) is 3.89. The van der Waals surface area contributed by atoms with E-state index < -0.39 is 0 Å². The number of fused-ring (bicyclic) bond motifs is 1. The van der Waals surface area contributed by atoms with Crippen molar-refractivity contribution in [3.05, 3.63) is 59.4 Å². The van der Waals surface area contributed by atoms with Gasteiger partial charge in [-0.1, -0.05) is 18.2 Å². The minimum Gasteiger partial charge on any atom is -0.378 e. The van der Waals surface area contributed by atoms with Gasteiger partial charge in [0.15, 0.2) is 0 Å². The second-order valence-electron chi connectivity index (χ2n) is 6.72. The van der Waals surface area contributed by atoms with Gasteiger partial charge in [-0.2, -0.15) is 0 Å². The summed E-state index contributed by atoms with van der Waals surface area (Å²) in [7, 11) is 0. The quantitative estimate of drug-likeness (QED) is 0.832. The fraction of sp³-hybridized carbons (Fsp3) is 0.350. The van der Waals surface area contributed by atoms with Gasteiger partial charge in [0.05, 0.1) is 24.3 Å². The molecule has 2 aliphatic rings. The zero-order chi connectivity index (χ0) is 18.1. The second-order valence-corrected chi connectivity index (χ2v) is 6.72. The van der Waals surface area contributed by atoms with Crippen molar-refractivity contribution in [3.8, 4) is 0 Å². The number of aromatic nitrogens is 1. The van der Waals surface area contributed by atoms with E-state index in [2.05, 4.69) is 11.1 Å². The van der Waals surface area contributed by atoms with E-state index in [1.54, 1.807) is 15.9 Å². The second kappa shape index (κ2) is 6.88. The summed E-state index contributed by atoms with van der Waals surface area (Å²) < 4.78 is 5.29. The van der Waals surface area contributed by atoms with E-state index in [1.165, 1.54) is 18.0 Å². The molecule has 0 radical (unpaired) electrons. The first-order valence-corrected chi connectivity index (χ1v) is 8.88. The molecule has 1 unspecified atom stereocenters. The minimum absolute atomic E-state index is 0.0819. The zero-order valence-electron chi connectivity index (χ0n) is 14.7. The van der Waals surface area contributed by atoms with Gasteiger partial charge in [-0.05, 0) is 31.0 Å². The normalized spacial score (nSPS) is 19.3. The number of ether oxygens (including phenoxy) is 1. The van der Waals surface area contributed by atoms with Gasteiger partial charge in [-0.3, -0.25) is 14.6 Å². The highest BCUT2D eigenvalue weighted by Gasteiger charge is 2.31. The van der Waals surface area contributed by atoms with Crippen LogP contribution >= 0.6 is 0 Å². The molecule has 3 heterocycles. The third-order valence-electron chi connectivity index (χ3n) is 4.96. The number of carbonyl (C=O) groups excluding carboxylic acids is 2. The van der Waals surface area contributed by atoms with Crippen molar-refractivity contribution in [1.82, 2.24) is 9.88 Å². The summed E-state index contributed by atoms with van der Waals surface area (Å²) in [4.78, 5) is 33.5. The topological polar surface area (TPSA) is 62.7 Å². The van der Waals surface area contributed by atoms with Crippen LogP contribution in [0.1, 0.15) is 33.2 Å². The molecule has 2 amide bonds. The van der Waals surface area contributed by atoms with Crippen LogP contribution in [0.2, 0.25) is 0 Å². The van der Waals surface area contributed by atoms with Gasteiger partial charge in [0.2, 0.25) is 0 Å². The van der Waals surface area contributed by atoms with Crippen molar-refractivity contribution in [1.29, 1.82) is 0 Å². The number of anilines is 1. The number of morpholine rings is 1. The molecular weight excluding hydrogens is 330 g/mol. The number of para-hydroxylation sites is 1. The maximum absolute atomic E-state index is 13.1.